The smallest absolute Gasteiger partial charge is 0.270 e. The zero-order valence-corrected chi connectivity index (χ0v) is 13.7. The summed E-state index contributed by atoms with van der Waals surface area (Å²) in [7, 11) is 0. The second-order valence-corrected chi connectivity index (χ2v) is 6.27. The molecule has 2 aliphatic rings. The van der Waals surface area contributed by atoms with Crippen molar-refractivity contribution in [3.63, 3.8) is 0 Å². The molecular formula is C17H10BrFN2O3. The quantitative estimate of drug-likeness (QED) is 0.803. The van der Waals surface area contributed by atoms with E-state index < -0.39 is 23.7 Å². The van der Waals surface area contributed by atoms with Gasteiger partial charge in [-0.05, 0) is 30.3 Å². The molecule has 5 nitrogen and oxygen atoms in total. The van der Waals surface area contributed by atoms with Gasteiger partial charge in [-0.2, -0.15) is 0 Å². The summed E-state index contributed by atoms with van der Waals surface area (Å²) in [5.41, 5.74) is 4.24. The number of benzene rings is 2. The first-order valence-corrected chi connectivity index (χ1v) is 7.91. The first-order valence-electron chi connectivity index (χ1n) is 7.12. The highest BCUT2D eigenvalue weighted by atomic mass is 79.9. The van der Waals surface area contributed by atoms with Crippen LogP contribution in [0.3, 0.4) is 0 Å². The van der Waals surface area contributed by atoms with Gasteiger partial charge in [0.1, 0.15) is 5.82 Å². The number of imide groups is 1. The van der Waals surface area contributed by atoms with Crippen LogP contribution in [0.15, 0.2) is 58.6 Å². The van der Waals surface area contributed by atoms with Crippen molar-refractivity contribution in [2.75, 3.05) is 4.90 Å². The number of nitrogens with zero attached hydrogens (tertiary/aromatic N) is 1. The van der Waals surface area contributed by atoms with E-state index in [1.54, 1.807) is 12.1 Å². The molecule has 2 amide bonds. The van der Waals surface area contributed by atoms with Crippen LogP contribution >= 0.6 is 15.9 Å². The molecule has 0 saturated carbocycles. The van der Waals surface area contributed by atoms with Crippen molar-refractivity contribution < 1.29 is 18.8 Å². The normalized spacial score (nSPS) is 19.8. The summed E-state index contributed by atoms with van der Waals surface area (Å²) >= 11 is 3.35. The van der Waals surface area contributed by atoms with Crippen LogP contribution in [-0.2, 0) is 14.4 Å². The maximum atomic E-state index is 13.4. The molecule has 2 aromatic rings. The molecule has 120 valence electrons. The molecule has 0 unspecified atom stereocenters. The molecule has 1 N–H and O–H groups in total. The van der Waals surface area contributed by atoms with E-state index >= 15 is 0 Å². The lowest BCUT2D eigenvalue weighted by Gasteiger charge is -2.15. The van der Waals surface area contributed by atoms with Crippen LogP contribution < -0.4 is 10.4 Å². The van der Waals surface area contributed by atoms with Gasteiger partial charge in [0.15, 0.2) is 6.10 Å². The fraction of sp³-hybridized carbons (Fsp3) is 0.0588. The Kier molecular flexibility index (Phi) is 3.47. The summed E-state index contributed by atoms with van der Waals surface area (Å²) in [5.74, 6) is -1.58. The van der Waals surface area contributed by atoms with Gasteiger partial charge in [0.05, 0.1) is 17.0 Å². The van der Waals surface area contributed by atoms with E-state index in [1.807, 2.05) is 12.1 Å². The summed E-state index contributed by atoms with van der Waals surface area (Å²) in [6.07, 6.45) is -1.03. The average Bonchev–Trinajstić information content (AvgIpc) is 3.09. The molecule has 0 spiro atoms. The Morgan fingerprint density at radius 2 is 1.88 bits per heavy atom. The number of hydrogen-bond donors (Lipinski definition) is 1. The van der Waals surface area contributed by atoms with E-state index in [9.17, 15) is 14.0 Å². The Morgan fingerprint density at radius 3 is 2.58 bits per heavy atom. The predicted octanol–water partition coefficient (Wildman–Crippen LogP) is 2.78. The maximum Gasteiger partial charge on any atom is 0.270 e. The highest BCUT2D eigenvalue weighted by Gasteiger charge is 2.50. The number of rotatable bonds is 2. The van der Waals surface area contributed by atoms with Gasteiger partial charge >= 0.3 is 0 Å². The lowest BCUT2D eigenvalue weighted by molar-refractivity contribution is -0.127. The number of hydroxylamine groups is 1. The van der Waals surface area contributed by atoms with Gasteiger partial charge in [-0.15, -0.1) is 0 Å². The van der Waals surface area contributed by atoms with Crippen LogP contribution in [0.4, 0.5) is 10.1 Å². The largest absolute Gasteiger partial charge is 0.270 e. The Morgan fingerprint density at radius 1 is 1.12 bits per heavy atom. The molecule has 2 aromatic carbocycles. The summed E-state index contributed by atoms with van der Waals surface area (Å²) < 4.78 is 14.3. The number of hydrogen-bond acceptors (Lipinski definition) is 4. The van der Waals surface area contributed by atoms with Crippen molar-refractivity contribution in [2.24, 2.45) is 0 Å². The minimum absolute atomic E-state index is 0.186. The SMILES string of the molecule is O=C1C2=C(c3ccc(Br)cc3)NO[C@@H]2C(=O)N1c1cccc(F)c1. The summed E-state index contributed by atoms with van der Waals surface area (Å²) in [6, 6.07) is 12.6. The average molecular weight is 389 g/mol. The molecule has 2 aliphatic heterocycles. The van der Waals surface area contributed by atoms with Gasteiger partial charge in [-0.1, -0.05) is 34.1 Å². The third-order valence-electron chi connectivity index (χ3n) is 3.89. The van der Waals surface area contributed by atoms with E-state index in [-0.39, 0.29) is 11.3 Å². The van der Waals surface area contributed by atoms with E-state index in [1.165, 1.54) is 18.2 Å². The molecular weight excluding hydrogens is 379 g/mol. The van der Waals surface area contributed by atoms with Crippen LogP contribution in [-0.4, -0.2) is 17.9 Å². The van der Waals surface area contributed by atoms with Crippen molar-refractivity contribution >= 4 is 39.1 Å². The molecule has 1 fully saturated rings. The predicted molar refractivity (Wildman–Crippen MR) is 88.0 cm³/mol. The van der Waals surface area contributed by atoms with Crippen molar-refractivity contribution in [3.8, 4) is 0 Å². The van der Waals surface area contributed by atoms with Gasteiger partial charge in [-0.3, -0.25) is 19.9 Å². The molecule has 1 atom stereocenters. The van der Waals surface area contributed by atoms with E-state index in [2.05, 4.69) is 21.4 Å². The Hall–Kier alpha value is -2.51. The van der Waals surface area contributed by atoms with Crippen molar-refractivity contribution in [3.05, 3.63) is 70.0 Å². The standard InChI is InChI=1S/C17H10BrFN2O3/c18-10-6-4-9(5-7-10)14-13-15(24-20-14)17(23)21(16(13)22)12-3-1-2-11(19)8-12/h1-8,15,20H/t15-/m0/s1. The molecule has 1 saturated heterocycles. The Bertz CT molecular complexity index is 895. The second kappa shape index (κ2) is 5.54. The van der Waals surface area contributed by atoms with Gasteiger partial charge in [0, 0.05) is 10.0 Å². The van der Waals surface area contributed by atoms with E-state index in [4.69, 9.17) is 4.84 Å². The minimum atomic E-state index is -1.03. The number of carbonyl (C=O) groups excluding carboxylic acids is 2. The monoisotopic (exact) mass is 388 g/mol. The number of fused-ring (bicyclic) bond motifs is 1. The molecule has 0 radical (unpaired) electrons. The highest BCUT2D eigenvalue weighted by Crippen LogP contribution is 2.36. The van der Waals surface area contributed by atoms with Gasteiger partial charge in [-0.25, -0.2) is 9.29 Å². The third kappa shape index (κ3) is 2.24. The summed E-state index contributed by atoms with van der Waals surface area (Å²) in [5, 5.41) is 0. The van der Waals surface area contributed by atoms with Crippen LogP contribution in [0.2, 0.25) is 0 Å². The number of nitrogens with one attached hydrogen (secondary N) is 1. The molecule has 24 heavy (non-hydrogen) atoms. The number of anilines is 1. The Balaban J connectivity index is 1.79. The zero-order chi connectivity index (χ0) is 16.8. The third-order valence-corrected chi connectivity index (χ3v) is 4.42. The molecule has 2 heterocycles. The summed E-state index contributed by atoms with van der Waals surface area (Å²) in [6.45, 7) is 0. The van der Waals surface area contributed by atoms with Crippen LogP contribution in [0, 0.1) is 5.82 Å². The Labute approximate surface area is 144 Å². The van der Waals surface area contributed by atoms with Gasteiger partial charge in [0.25, 0.3) is 11.8 Å². The molecule has 4 rings (SSSR count). The number of carbonyl (C=O) groups is 2. The number of halogens is 2. The fourth-order valence-electron chi connectivity index (χ4n) is 2.78. The highest BCUT2D eigenvalue weighted by molar-refractivity contribution is 9.10. The fourth-order valence-corrected chi connectivity index (χ4v) is 3.05. The van der Waals surface area contributed by atoms with Crippen molar-refractivity contribution in [2.45, 2.75) is 6.10 Å². The first kappa shape index (κ1) is 15.0. The molecule has 0 bridgehead atoms. The summed E-state index contributed by atoms with van der Waals surface area (Å²) in [4.78, 5) is 31.5. The van der Waals surface area contributed by atoms with Crippen LogP contribution in [0.1, 0.15) is 5.56 Å². The van der Waals surface area contributed by atoms with E-state index in [0.717, 1.165) is 21.0 Å². The van der Waals surface area contributed by atoms with E-state index in [0.29, 0.717) is 5.70 Å². The lowest BCUT2D eigenvalue weighted by atomic mass is 10.1. The zero-order valence-electron chi connectivity index (χ0n) is 12.1. The van der Waals surface area contributed by atoms with Crippen molar-refractivity contribution in [1.29, 1.82) is 0 Å². The molecule has 7 heteroatoms. The molecule has 0 aliphatic carbocycles. The maximum absolute atomic E-state index is 13.4. The number of amides is 2. The van der Waals surface area contributed by atoms with Gasteiger partial charge < -0.3 is 0 Å². The lowest BCUT2D eigenvalue weighted by Crippen LogP contribution is -2.34. The van der Waals surface area contributed by atoms with Crippen LogP contribution in [0.25, 0.3) is 5.70 Å². The topological polar surface area (TPSA) is 58.6 Å². The molecule has 0 aromatic heterocycles. The van der Waals surface area contributed by atoms with Crippen molar-refractivity contribution in [1.82, 2.24) is 5.48 Å². The second-order valence-electron chi connectivity index (χ2n) is 5.35. The first-order chi connectivity index (χ1) is 11.6. The van der Waals surface area contributed by atoms with Gasteiger partial charge in [0.2, 0.25) is 0 Å². The minimum Gasteiger partial charge on any atom is -0.270 e. The van der Waals surface area contributed by atoms with Crippen LogP contribution in [0.5, 0.6) is 0 Å².